The Balaban J connectivity index is 2.25. The number of thiazole rings is 1. The Bertz CT molecular complexity index is 541. The molecule has 2 N–H and O–H groups in total. The molecule has 0 spiro atoms. The topological polar surface area (TPSA) is 62.7 Å². The van der Waals surface area contributed by atoms with Crippen molar-refractivity contribution in [2.75, 3.05) is 17.2 Å². The van der Waals surface area contributed by atoms with Crippen molar-refractivity contribution in [2.45, 2.75) is 46.1 Å². The van der Waals surface area contributed by atoms with E-state index >= 15 is 0 Å². The van der Waals surface area contributed by atoms with Crippen LogP contribution in [0.5, 0.6) is 0 Å². The number of anilines is 2. The molecular formula is C15H23N5S. The Labute approximate surface area is 130 Å². The maximum Gasteiger partial charge on any atom is 0.133 e. The van der Waals surface area contributed by atoms with Gasteiger partial charge in [-0.2, -0.15) is 0 Å². The van der Waals surface area contributed by atoms with Crippen LogP contribution in [0.25, 0.3) is 0 Å². The van der Waals surface area contributed by atoms with E-state index in [1.807, 2.05) is 17.6 Å². The van der Waals surface area contributed by atoms with Gasteiger partial charge in [0.1, 0.15) is 22.5 Å². The van der Waals surface area contributed by atoms with E-state index < -0.39 is 0 Å². The molecule has 21 heavy (non-hydrogen) atoms. The number of rotatable bonds is 7. The second-order valence-electron chi connectivity index (χ2n) is 5.42. The highest BCUT2D eigenvalue weighted by molar-refractivity contribution is 7.09. The van der Waals surface area contributed by atoms with E-state index in [-0.39, 0.29) is 5.54 Å². The highest BCUT2D eigenvalue weighted by Crippen LogP contribution is 2.27. The first kappa shape index (κ1) is 15.7. The average molecular weight is 305 g/mol. The lowest BCUT2D eigenvalue weighted by Crippen LogP contribution is -2.28. The predicted octanol–water partition coefficient (Wildman–Crippen LogP) is 3.66. The molecule has 0 aromatic carbocycles. The zero-order chi connectivity index (χ0) is 15.3. The molecule has 0 saturated carbocycles. The van der Waals surface area contributed by atoms with E-state index in [9.17, 15) is 0 Å². The SMILES string of the molecule is CCCc1nc(NCC)cc(NC(C)(C)c2nccs2)n1. The summed E-state index contributed by atoms with van der Waals surface area (Å²) >= 11 is 1.65. The molecular weight excluding hydrogens is 282 g/mol. The van der Waals surface area contributed by atoms with Crippen molar-refractivity contribution in [3.8, 4) is 0 Å². The first-order valence-electron chi connectivity index (χ1n) is 7.35. The fourth-order valence-corrected chi connectivity index (χ4v) is 2.79. The molecule has 0 atom stereocenters. The van der Waals surface area contributed by atoms with Crippen molar-refractivity contribution in [3.63, 3.8) is 0 Å². The number of aromatic nitrogens is 3. The second kappa shape index (κ2) is 6.85. The van der Waals surface area contributed by atoms with Gasteiger partial charge in [-0.15, -0.1) is 11.3 Å². The molecule has 2 aromatic heterocycles. The van der Waals surface area contributed by atoms with Gasteiger partial charge in [-0.05, 0) is 27.2 Å². The highest BCUT2D eigenvalue weighted by atomic mass is 32.1. The summed E-state index contributed by atoms with van der Waals surface area (Å²) < 4.78 is 0. The van der Waals surface area contributed by atoms with Crippen LogP contribution >= 0.6 is 11.3 Å². The molecule has 0 saturated heterocycles. The van der Waals surface area contributed by atoms with Crippen LogP contribution in [-0.4, -0.2) is 21.5 Å². The first-order valence-corrected chi connectivity index (χ1v) is 8.23. The van der Waals surface area contributed by atoms with Crippen LogP contribution in [0.4, 0.5) is 11.6 Å². The van der Waals surface area contributed by atoms with Crippen molar-refractivity contribution in [1.29, 1.82) is 0 Å². The number of hydrogen-bond acceptors (Lipinski definition) is 6. The van der Waals surface area contributed by atoms with Crippen LogP contribution in [0, 0.1) is 0 Å². The van der Waals surface area contributed by atoms with Crippen LogP contribution in [0.1, 0.15) is 44.9 Å². The zero-order valence-corrected chi connectivity index (χ0v) is 13.9. The molecule has 114 valence electrons. The van der Waals surface area contributed by atoms with Gasteiger partial charge >= 0.3 is 0 Å². The van der Waals surface area contributed by atoms with Gasteiger partial charge in [-0.3, -0.25) is 0 Å². The molecule has 0 fully saturated rings. The molecule has 0 aliphatic heterocycles. The smallest absolute Gasteiger partial charge is 0.133 e. The van der Waals surface area contributed by atoms with E-state index in [0.29, 0.717) is 0 Å². The molecule has 0 bridgehead atoms. The minimum absolute atomic E-state index is 0.254. The van der Waals surface area contributed by atoms with E-state index in [1.165, 1.54) is 0 Å². The number of hydrogen-bond donors (Lipinski definition) is 2. The summed E-state index contributed by atoms with van der Waals surface area (Å²) in [6.07, 6.45) is 3.74. The van der Waals surface area contributed by atoms with E-state index in [1.54, 1.807) is 11.3 Å². The van der Waals surface area contributed by atoms with Crippen LogP contribution in [-0.2, 0) is 12.0 Å². The summed E-state index contributed by atoms with van der Waals surface area (Å²) in [4.78, 5) is 13.5. The third kappa shape index (κ3) is 4.14. The van der Waals surface area contributed by atoms with Gasteiger partial charge in [-0.1, -0.05) is 6.92 Å². The average Bonchev–Trinajstić information content (AvgIpc) is 2.93. The molecule has 2 heterocycles. The zero-order valence-electron chi connectivity index (χ0n) is 13.1. The minimum Gasteiger partial charge on any atom is -0.370 e. The Morgan fingerprint density at radius 3 is 2.57 bits per heavy atom. The van der Waals surface area contributed by atoms with Crippen molar-refractivity contribution < 1.29 is 0 Å². The van der Waals surface area contributed by atoms with Crippen molar-refractivity contribution in [2.24, 2.45) is 0 Å². The summed E-state index contributed by atoms with van der Waals surface area (Å²) in [6, 6.07) is 1.96. The van der Waals surface area contributed by atoms with Gasteiger partial charge in [-0.25, -0.2) is 15.0 Å². The highest BCUT2D eigenvalue weighted by Gasteiger charge is 2.24. The summed E-state index contributed by atoms with van der Waals surface area (Å²) in [5, 5.41) is 9.77. The Morgan fingerprint density at radius 2 is 1.95 bits per heavy atom. The first-order chi connectivity index (χ1) is 10.0. The molecule has 0 aliphatic rings. The molecule has 0 amide bonds. The predicted molar refractivity (Wildman–Crippen MR) is 89.0 cm³/mol. The fourth-order valence-electron chi connectivity index (χ4n) is 2.07. The normalized spacial score (nSPS) is 11.4. The van der Waals surface area contributed by atoms with Crippen molar-refractivity contribution >= 4 is 23.0 Å². The summed E-state index contributed by atoms with van der Waals surface area (Å²) in [5.41, 5.74) is -0.254. The standard InChI is InChI=1S/C15H23N5S/c1-5-7-11-18-12(16-6-2)10-13(19-11)20-15(3,4)14-17-8-9-21-14/h8-10H,5-7H2,1-4H3,(H2,16,18,19,20). The van der Waals surface area contributed by atoms with Crippen LogP contribution < -0.4 is 10.6 Å². The molecule has 6 heteroatoms. The molecule has 0 unspecified atom stereocenters. The van der Waals surface area contributed by atoms with E-state index in [0.717, 1.165) is 41.9 Å². The Hall–Kier alpha value is -1.69. The maximum atomic E-state index is 4.62. The maximum absolute atomic E-state index is 4.62. The van der Waals surface area contributed by atoms with Crippen LogP contribution in [0.2, 0.25) is 0 Å². The van der Waals surface area contributed by atoms with Crippen LogP contribution in [0.3, 0.4) is 0 Å². The lowest BCUT2D eigenvalue weighted by atomic mass is 10.1. The number of nitrogens with one attached hydrogen (secondary N) is 2. The molecule has 2 aromatic rings. The second-order valence-corrected chi connectivity index (χ2v) is 6.32. The summed E-state index contributed by atoms with van der Waals surface area (Å²) in [5.74, 6) is 2.58. The van der Waals surface area contributed by atoms with Gasteiger partial charge in [0, 0.05) is 30.6 Å². The molecule has 0 aliphatic carbocycles. The van der Waals surface area contributed by atoms with E-state index in [2.05, 4.69) is 53.3 Å². The minimum atomic E-state index is -0.254. The molecule has 2 rings (SSSR count). The quantitative estimate of drug-likeness (QED) is 0.817. The number of aryl methyl sites for hydroxylation is 1. The van der Waals surface area contributed by atoms with Crippen molar-refractivity contribution in [3.05, 3.63) is 28.5 Å². The van der Waals surface area contributed by atoms with Gasteiger partial charge in [0.05, 0.1) is 5.54 Å². The Kier molecular flexibility index (Phi) is 5.12. The lowest BCUT2D eigenvalue weighted by Gasteiger charge is -2.25. The Morgan fingerprint density at radius 1 is 1.19 bits per heavy atom. The lowest BCUT2D eigenvalue weighted by molar-refractivity contribution is 0.599. The fraction of sp³-hybridized carbons (Fsp3) is 0.533. The molecule has 0 radical (unpaired) electrons. The van der Waals surface area contributed by atoms with Crippen molar-refractivity contribution in [1.82, 2.24) is 15.0 Å². The summed E-state index contributed by atoms with van der Waals surface area (Å²) in [7, 11) is 0. The largest absolute Gasteiger partial charge is 0.370 e. The summed E-state index contributed by atoms with van der Waals surface area (Å²) in [6.45, 7) is 9.27. The third-order valence-corrected chi connectivity index (χ3v) is 4.11. The monoisotopic (exact) mass is 305 g/mol. The van der Waals surface area contributed by atoms with Gasteiger partial charge in [0.15, 0.2) is 0 Å². The van der Waals surface area contributed by atoms with Crippen LogP contribution in [0.15, 0.2) is 17.6 Å². The van der Waals surface area contributed by atoms with Gasteiger partial charge < -0.3 is 10.6 Å². The molecule has 5 nitrogen and oxygen atoms in total. The number of nitrogens with zero attached hydrogens (tertiary/aromatic N) is 3. The van der Waals surface area contributed by atoms with Gasteiger partial charge in [0.2, 0.25) is 0 Å². The van der Waals surface area contributed by atoms with E-state index in [4.69, 9.17) is 0 Å². The third-order valence-electron chi connectivity index (χ3n) is 3.01. The van der Waals surface area contributed by atoms with Gasteiger partial charge in [0.25, 0.3) is 0 Å².